The molecule has 0 bridgehead atoms. The maximum Gasteiger partial charge on any atom is 0.207 e. The molecule has 1 heterocycles. The van der Waals surface area contributed by atoms with Gasteiger partial charge in [-0.1, -0.05) is 84.9 Å². The largest absolute Gasteiger partial charge is 0.218 e. The van der Waals surface area contributed by atoms with Crippen molar-refractivity contribution < 1.29 is 8.42 Å². The van der Waals surface area contributed by atoms with E-state index in [0.29, 0.717) is 9.79 Å². The summed E-state index contributed by atoms with van der Waals surface area (Å²) in [6, 6.07) is 33.5. The van der Waals surface area contributed by atoms with Crippen molar-refractivity contribution in [3.8, 4) is 11.1 Å². The van der Waals surface area contributed by atoms with E-state index in [0.717, 1.165) is 39.0 Å². The summed E-state index contributed by atoms with van der Waals surface area (Å²) in [5.41, 5.74) is 7.06. The standard InChI is InChI=1S/C27H20O2S/c1-19(20-10-4-2-5-11-20)27(21-12-6-3-7-13-21)22-16-17-26-24(18-22)23-14-8-9-15-25(23)30(26,28)29/h2-18H,1H3/b27-19-. The first-order valence-corrected chi connectivity index (χ1v) is 11.4. The van der Waals surface area contributed by atoms with E-state index in [4.69, 9.17) is 0 Å². The normalized spacial score (nSPS) is 14.6. The zero-order valence-corrected chi connectivity index (χ0v) is 17.4. The third-order valence-corrected chi connectivity index (χ3v) is 7.54. The maximum absolute atomic E-state index is 13.0. The van der Waals surface area contributed by atoms with Crippen molar-refractivity contribution in [3.05, 3.63) is 120 Å². The van der Waals surface area contributed by atoms with Crippen LogP contribution >= 0.6 is 0 Å². The molecule has 0 atom stereocenters. The topological polar surface area (TPSA) is 34.1 Å². The molecule has 0 unspecified atom stereocenters. The highest BCUT2D eigenvalue weighted by Crippen LogP contribution is 2.45. The molecule has 1 aliphatic heterocycles. The summed E-state index contributed by atoms with van der Waals surface area (Å²) in [6.07, 6.45) is 0. The molecule has 4 aromatic carbocycles. The van der Waals surface area contributed by atoms with Gasteiger partial charge in [-0.2, -0.15) is 0 Å². The fourth-order valence-electron chi connectivity index (χ4n) is 4.21. The zero-order valence-electron chi connectivity index (χ0n) is 16.5. The molecule has 0 saturated heterocycles. The Kier molecular flexibility index (Phi) is 4.41. The molecule has 0 spiro atoms. The molecular formula is C27H20O2S. The Bertz CT molecular complexity index is 1380. The van der Waals surface area contributed by atoms with E-state index in [1.54, 1.807) is 18.2 Å². The number of hydrogen-bond acceptors (Lipinski definition) is 2. The van der Waals surface area contributed by atoms with Gasteiger partial charge in [-0.25, -0.2) is 8.42 Å². The van der Waals surface area contributed by atoms with Gasteiger partial charge in [0.05, 0.1) is 9.79 Å². The van der Waals surface area contributed by atoms with Gasteiger partial charge < -0.3 is 0 Å². The molecule has 0 fully saturated rings. The van der Waals surface area contributed by atoms with E-state index in [2.05, 4.69) is 31.2 Å². The monoisotopic (exact) mass is 408 g/mol. The fraction of sp³-hybridized carbons (Fsp3) is 0.0370. The van der Waals surface area contributed by atoms with Gasteiger partial charge in [0.1, 0.15) is 0 Å². The van der Waals surface area contributed by atoms with Crippen LogP contribution < -0.4 is 0 Å². The molecule has 30 heavy (non-hydrogen) atoms. The SMILES string of the molecule is C/C(=C(\c1ccccc1)c1ccc2c(c1)-c1ccccc1S2(=O)=O)c1ccccc1. The Morgan fingerprint density at radius 2 is 1.13 bits per heavy atom. The molecule has 0 amide bonds. The van der Waals surface area contributed by atoms with E-state index in [-0.39, 0.29) is 0 Å². The number of fused-ring (bicyclic) bond motifs is 3. The number of benzene rings is 4. The molecule has 0 aliphatic carbocycles. The molecule has 146 valence electrons. The average molecular weight is 409 g/mol. The van der Waals surface area contributed by atoms with Crippen LogP contribution in [0.25, 0.3) is 22.3 Å². The predicted octanol–water partition coefficient (Wildman–Crippen LogP) is 6.48. The molecule has 0 radical (unpaired) electrons. The van der Waals surface area contributed by atoms with Gasteiger partial charge in [-0.05, 0) is 53.0 Å². The molecule has 0 aromatic heterocycles. The lowest BCUT2D eigenvalue weighted by molar-refractivity contribution is 0.598. The van der Waals surface area contributed by atoms with Crippen molar-refractivity contribution in [2.45, 2.75) is 16.7 Å². The van der Waals surface area contributed by atoms with Crippen LogP contribution in [0.2, 0.25) is 0 Å². The summed E-state index contributed by atoms with van der Waals surface area (Å²) in [5, 5.41) is 0. The van der Waals surface area contributed by atoms with Crippen molar-refractivity contribution in [1.82, 2.24) is 0 Å². The van der Waals surface area contributed by atoms with Crippen LogP contribution in [-0.4, -0.2) is 8.42 Å². The molecule has 0 saturated carbocycles. The number of sulfone groups is 1. The van der Waals surface area contributed by atoms with Crippen molar-refractivity contribution in [2.24, 2.45) is 0 Å². The lowest BCUT2D eigenvalue weighted by atomic mass is 9.89. The third-order valence-electron chi connectivity index (χ3n) is 5.67. The molecule has 1 aliphatic rings. The van der Waals surface area contributed by atoms with E-state index in [1.807, 2.05) is 60.7 Å². The Labute approximate surface area is 177 Å². The van der Waals surface area contributed by atoms with Gasteiger partial charge >= 0.3 is 0 Å². The molecule has 4 aromatic rings. The first kappa shape index (κ1) is 18.6. The summed E-state index contributed by atoms with van der Waals surface area (Å²) < 4.78 is 25.9. The molecular weight excluding hydrogens is 388 g/mol. The first-order valence-electron chi connectivity index (χ1n) is 9.88. The van der Waals surface area contributed by atoms with Gasteiger partial charge in [0, 0.05) is 11.1 Å². The van der Waals surface area contributed by atoms with Crippen LogP contribution in [0.5, 0.6) is 0 Å². The molecule has 3 heteroatoms. The lowest BCUT2D eigenvalue weighted by Crippen LogP contribution is -1.97. The average Bonchev–Trinajstić information content (AvgIpc) is 3.02. The van der Waals surface area contributed by atoms with E-state index in [9.17, 15) is 8.42 Å². The van der Waals surface area contributed by atoms with Crippen LogP contribution in [0, 0.1) is 0 Å². The van der Waals surface area contributed by atoms with Gasteiger partial charge in [-0.15, -0.1) is 0 Å². The second-order valence-electron chi connectivity index (χ2n) is 7.44. The van der Waals surface area contributed by atoms with E-state index in [1.165, 1.54) is 0 Å². The molecule has 0 N–H and O–H groups in total. The second kappa shape index (κ2) is 7.12. The van der Waals surface area contributed by atoms with Crippen LogP contribution in [0.3, 0.4) is 0 Å². The summed E-state index contributed by atoms with van der Waals surface area (Å²) in [5.74, 6) is 0. The van der Waals surface area contributed by atoms with Crippen LogP contribution in [0.4, 0.5) is 0 Å². The van der Waals surface area contributed by atoms with Crippen molar-refractivity contribution in [3.63, 3.8) is 0 Å². The summed E-state index contributed by atoms with van der Waals surface area (Å²) in [7, 11) is -3.46. The van der Waals surface area contributed by atoms with Gasteiger partial charge in [0.2, 0.25) is 9.84 Å². The van der Waals surface area contributed by atoms with Gasteiger partial charge in [0.15, 0.2) is 0 Å². The van der Waals surface area contributed by atoms with E-state index >= 15 is 0 Å². The number of hydrogen-bond donors (Lipinski definition) is 0. The highest BCUT2D eigenvalue weighted by atomic mass is 32.2. The predicted molar refractivity (Wildman–Crippen MR) is 122 cm³/mol. The van der Waals surface area contributed by atoms with Gasteiger partial charge in [0.25, 0.3) is 0 Å². The smallest absolute Gasteiger partial charge is 0.207 e. The Balaban J connectivity index is 1.78. The summed E-state index contributed by atoms with van der Waals surface area (Å²) in [4.78, 5) is 0.777. The van der Waals surface area contributed by atoms with Crippen LogP contribution in [0.15, 0.2) is 113 Å². The lowest BCUT2D eigenvalue weighted by Gasteiger charge is -2.15. The van der Waals surface area contributed by atoms with Crippen molar-refractivity contribution >= 4 is 21.0 Å². The summed E-state index contributed by atoms with van der Waals surface area (Å²) in [6.45, 7) is 2.12. The second-order valence-corrected chi connectivity index (χ2v) is 9.33. The highest BCUT2D eigenvalue weighted by molar-refractivity contribution is 7.92. The quantitative estimate of drug-likeness (QED) is 0.320. The molecule has 5 rings (SSSR count). The summed E-state index contributed by atoms with van der Waals surface area (Å²) >= 11 is 0. The Hall–Kier alpha value is -3.43. The number of allylic oxidation sites excluding steroid dienone is 1. The fourth-order valence-corrected chi connectivity index (χ4v) is 5.88. The molecule has 2 nitrogen and oxygen atoms in total. The van der Waals surface area contributed by atoms with Crippen LogP contribution in [-0.2, 0) is 9.84 Å². The maximum atomic E-state index is 13.0. The highest BCUT2D eigenvalue weighted by Gasteiger charge is 2.32. The van der Waals surface area contributed by atoms with Crippen LogP contribution in [0.1, 0.15) is 23.6 Å². The third kappa shape index (κ3) is 2.90. The first-order chi connectivity index (χ1) is 14.6. The minimum absolute atomic E-state index is 0.386. The zero-order chi connectivity index (χ0) is 20.7. The van der Waals surface area contributed by atoms with Gasteiger partial charge in [-0.3, -0.25) is 0 Å². The Morgan fingerprint density at radius 1 is 0.567 bits per heavy atom. The van der Waals surface area contributed by atoms with Crippen molar-refractivity contribution in [2.75, 3.05) is 0 Å². The number of rotatable bonds is 3. The minimum Gasteiger partial charge on any atom is -0.218 e. The Morgan fingerprint density at radius 3 is 1.83 bits per heavy atom. The van der Waals surface area contributed by atoms with E-state index < -0.39 is 9.84 Å². The minimum atomic E-state index is -3.46. The van der Waals surface area contributed by atoms with Crippen molar-refractivity contribution in [1.29, 1.82) is 0 Å².